The van der Waals surface area contributed by atoms with Crippen molar-refractivity contribution >= 4 is 18.0 Å². The van der Waals surface area contributed by atoms with Crippen molar-refractivity contribution in [2.45, 2.75) is 19.4 Å². The van der Waals surface area contributed by atoms with E-state index >= 15 is 0 Å². The highest BCUT2D eigenvalue weighted by atomic mass is 35.5. The second-order valence-electron chi connectivity index (χ2n) is 5.36. The van der Waals surface area contributed by atoms with Gasteiger partial charge in [0.2, 0.25) is 6.41 Å². The molecule has 1 aliphatic heterocycles. The summed E-state index contributed by atoms with van der Waals surface area (Å²) in [4.78, 5) is 14.8. The normalized spacial score (nSPS) is 17.4. The van der Waals surface area contributed by atoms with E-state index in [1.54, 1.807) is 4.90 Å². The molecular weight excluding hydrogens is 260 g/mol. The Morgan fingerprint density at radius 1 is 1.37 bits per heavy atom. The average Bonchev–Trinajstić information content (AvgIpc) is 2.43. The van der Waals surface area contributed by atoms with Crippen LogP contribution >= 0.6 is 11.6 Å². The Morgan fingerprint density at radius 3 is 2.68 bits per heavy atom. The maximum Gasteiger partial charge on any atom is 0.209 e. The van der Waals surface area contributed by atoms with E-state index in [0.717, 1.165) is 50.5 Å². The van der Waals surface area contributed by atoms with Crippen molar-refractivity contribution in [1.82, 2.24) is 9.80 Å². The van der Waals surface area contributed by atoms with Crippen LogP contribution in [0.3, 0.4) is 0 Å². The molecule has 0 bridgehead atoms. The number of carbonyl (C=O) groups excluding carboxylic acids is 1. The number of hydrogen-bond acceptors (Lipinski definition) is 2. The molecule has 1 heterocycles. The van der Waals surface area contributed by atoms with Crippen LogP contribution in [0.1, 0.15) is 18.4 Å². The van der Waals surface area contributed by atoms with Gasteiger partial charge >= 0.3 is 0 Å². The smallest absolute Gasteiger partial charge is 0.209 e. The largest absolute Gasteiger partial charge is 0.348 e. The molecule has 1 aromatic rings. The molecule has 1 aromatic carbocycles. The van der Waals surface area contributed by atoms with E-state index in [1.807, 2.05) is 25.2 Å². The van der Waals surface area contributed by atoms with Gasteiger partial charge in [-0.15, -0.1) is 0 Å². The number of amides is 1. The summed E-state index contributed by atoms with van der Waals surface area (Å²) in [5, 5.41) is 0.852. The Hall–Kier alpha value is -1.06. The molecule has 2 rings (SSSR count). The first-order valence-electron chi connectivity index (χ1n) is 6.80. The van der Waals surface area contributed by atoms with Crippen molar-refractivity contribution < 1.29 is 4.79 Å². The summed E-state index contributed by atoms with van der Waals surface area (Å²) in [7, 11) is 1.85. The molecule has 1 amide bonds. The highest BCUT2D eigenvalue weighted by Gasteiger charge is 2.20. The summed E-state index contributed by atoms with van der Waals surface area (Å²) in [6.45, 7) is 3.98. The van der Waals surface area contributed by atoms with Gasteiger partial charge in [0, 0.05) is 25.2 Å². The second kappa shape index (κ2) is 6.92. The fraction of sp³-hybridized carbons (Fsp3) is 0.533. The summed E-state index contributed by atoms with van der Waals surface area (Å²) in [5.41, 5.74) is 1.20. The van der Waals surface area contributed by atoms with E-state index in [4.69, 9.17) is 11.6 Å². The number of likely N-dealkylation sites (tertiary alicyclic amines) is 1. The van der Waals surface area contributed by atoms with Gasteiger partial charge in [-0.25, -0.2) is 0 Å². The quantitative estimate of drug-likeness (QED) is 0.774. The highest BCUT2D eigenvalue weighted by molar-refractivity contribution is 6.31. The molecule has 0 saturated carbocycles. The molecule has 0 aliphatic carbocycles. The van der Waals surface area contributed by atoms with Crippen molar-refractivity contribution in [3.63, 3.8) is 0 Å². The number of carbonyl (C=O) groups is 1. The Kier molecular flexibility index (Phi) is 5.23. The lowest BCUT2D eigenvalue weighted by Crippen LogP contribution is -2.37. The summed E-state index contributed by atoms with van der Waals surface area (Å²) >= 11 is 6.19. The molecule has 0 atom stereocenters. The van der Waals surface area contributed by atoms with Crippen molar-refractivity contribution in [3.05, 3.63) is 34.9 Å². The maximum atomic E-state index is 10.6. The lowest BCUT2D eigenvalue weighted by atomic mass is 9.96. The predicted molar refractivity (Wildman–Crippen MR) is 78.1 cm³/mol. The van der Waals surface area contributed by atoms with Crippen LogP contribution in [0.4, 0.5) is 0 Å². The molecule has 104 valence electrons. The molecule has 0 aromatic heterocycles. The first kappa shape index (κ1) is 14.4. The molecule has 0 radical (unpaired) electrons. The van der Waals surface area contributed by atoms with Crippen molar-refractivity contribution in [3.8, 4) is 0 Å². The zero-order valence-electron chi connectivity index (χ0n) is 11.4. The van der Waals surface area contributed by atoms with E-state index in [2.05, 4.69) is 11.0 Å². The van der Waals surface area contributed by atoms with Crippen molar-refractivity contribution in [2.75, 3.05) is 26.7 Å². The van der Waals surface area contributed by atoms with E-state index < -0.39 is 0 Å². The van der Waals surface area contributed by atoms with Crippen molar-refractivity contribution in [1.29, 1.82) is 0 Å². The first-order valence-corrected chi connectivity index (χ1v) is 7.18. The van der Waals surface area contributed by atoms with Crippen LogP contribution in [0, 0.1) is 5.92 Å². The molecular formula is C15H21ClN2O. The van der Waals surface area contributed by atoms with Gasteiger partial charge in [-0.3, -0.25) is 9.69 Å². The standard InChI is InChI=1S/C15H21ClN2O/c1-17(12-19)10-13-6-8-18(9-7-13)11-14-4-2-3-5-15(14)16/h2-5,12-13H,6-11H2,1H3. The molecule has 1 fully saturated rings. The van der Waals surface area contributed by atoms with Crippen LogP contribution in [0.15, 0.2) is 24.3 Å². The van der Waals surface area contributed by atoms with Gasteiger partial charge in [-0.2, -0.15) is 0 Å². The Bertz CT molecular complexity index is 416. The minimum atomic E-state index is 0.637. The molecule has 1 aliphatic rings. The maximum absolute atomic E-state index is 10.6. The molecule has 0 unspecified atom stereocenters. The van der Waals surface area contributed by atoms with Gasteiger partial charge in [0.25, 0.3) is 0 Å². The lowest BCUT2D eigenvalue weighted by molar-refractivity contribution is -0.117. The third-order valence-corrected chi connectivity index (χ3v) is 4.15. The fourth-order valence-electron chi connectivity index (χ4n) is 2.64. The monoisotopic (exact) mass is 280 g/mol. The summed E-state index contributed by atoms with van der Waals surface area (Å²) in [6.07, 6.45) is 3.22. The molecule has 0 spiro atoms. The average molecular weight is 281 g/mol. The molecule has 4 heteroatoms. The van der Waals surface area contributed by atoms with Gasteiger partial charge < -0.3 is 4.90 Å². The third kappa shape index (κ3) is 4.22. The zero-order chi connectivity index (χ0) is 13.7. The minimum absolute atomic E-state index is 0.637. The number of benzene rings is 1. The van der Waals surface area contributed by atoms with Crippen molar-refractivity contribution in [2.24, 2.45) is 5.92 Å². The Balaban J connectivity index is 1.80. The summed E-state index contributed by atoms with van der Waals surface area (Å²) < 4.78 is 0. The Morgan fingerprint density at radius 2 is 2.05 bits per heavy atom. The van der Waals surface area contributed by atoms with E-state index in [-0.39, 0.29) is 0 Å². The Labute approximate surface area is 120 Å². The second-order valence-corrected chi connectivity index (χ2v) is 5.76. The minimum Gasteiger partial charge on any atom is -0.348 e. The van der Waals surface area contributed by atoms with Crippen LogP contribution < -0.4 is 0 Å². The SMILES string of the molecule is CN(C=O)CC1CCN(Cc2ccccc2Cl)CC1. The van der Waals surface area contributed by atoms with E-state index in [0.29, 0.717) is 5.92 Å². The summed E-state index contributed by atoms with van der Waals surface area (Å²) in [5.74, 6) is 0.637. The summed E-state index contributed by atoms with van der Waals surface area (Å²) in [6, 6.07) is 8.04. The number of piperidine rings is 1. The van der Waals surface area contributed by atoms with Crippen LogP contribution in [0.25, 0.3) is 0 Å². The topological polar surface area (TPSA) is 23.6 Å². The van der Waals surface area contributed by atoms with Crippen LogP contribution in [0.5, 0.6) is 0 Å². The van der Waals surface area contributed by atoms with Gasteiger partial charge in [0.1, 0.15) is 0 Å². The molecule has 0 N–H and O–H groups in total. The zero-order valence-corrected chi connectivity index (χ0v) is 12.1. The van der Waals surface area contributed by atoms with Crippen LogP contribution in [-0.4, -0.2) is 42.9 Å². The van der Waals surface area contributed by atoms with Crippen LogP contribution in [-0.2, 0) is 11.3 Å². The van der Waals surface area contributed by atoms with Gasteiger partial charge in [0.15, 0.2) is 0 Å². The van der Waals surface area contributed by atoms with Gasteiger partial charge in [-0.1, -0.05) is 29.8 Å². The number of halogens is 1. The molecule has 1 saturated heterocycles. The fourth-order valence-corrected chi connectivity index (χ4v) is 2.84. The third-order valence-electron chi connectivity index (χ3n) is 3.79. The molecule has 3 nitrogen and oxygen atoms in total. The lowest BCUT2D eigenvalue weighted by Gasteiger charge is -2.33. The number of hydrogen-bond donors (Lipinski definition) is 0. The molecule has 19 heavy (non-hydrogen) atoms. The van der Waals surface area contributed by atoms with Gasteiger partial charge in [-0.05, 0) is 43.5 Å². The van der Waals surface area contributed by atoms with Crippen LogP contribution in [0.2, 0.25) is 5.02 Å². The highest BCUT2D eigenvalue weighted by Crippen LogP contribution is 2.22. The number of nitrogens with zero attached hydrogens (tertiary/aromatic N) is 2. The van der Waals surface area contributed by atoms with E-state index in [1.165, 1.54) is 5.56 Å². The predicted octanol–water partition coefficient (Wildman–Crippen LogP) is 2.64. The first-order chi connectivity index (χ1) is 9.19. The van der Waals surface area contributed by atoms with E-state index in [9.17, 15) is 4.79 Å². The number of rotatable bonds is 5. The van der Waals surface area contributed by atoms with Gasteiger partial charge in [0.05, 0.1) is 0 Å².